The van der Waals surface area contributed by atoms with Gasteiger partial charge in [-0.25, -0.2) is 0 Å². The van der Waals surface area contributed by atoms with Crippen molar-refractivity contribution in [3.05, 3.63) is 0 Å². The second-order valence-electron chi connectivity index (χ2n) is 5.58. The van der Waals surface area contributed by atoms with Gasteiger partial charge in [0.1, 0.15) is 18.1 Å². The molecule has 0 aliphatic carbocycles. The van der Waals surface area contributed by atoms with Crippen LogP contribution in [-0.2, 0) is 24.0 Å². The number of nitrogens with one attached hydrogen (secondary N) is 3. The van der Waals surface area contributed by atoms with Crippen LogP contribution in [0.2, 0.25) is 0 Å². The van der Waals surface area contributed by atoms with Gasteiger partial charge in [0.2, 0.25) is 17.7 Å². The zero-order valence-corrected chi connectivity index (χ0v) is 14.4. The largest absolute Gasteiger partial charge is 0.481 e. The average molecular weight is 376 g/mol. The third kappa shape index (κ3) is 8.39. The number of carbonyl (C=O) groups excluding carboxylic acids is 3. The Morgan fingerprint density at radius 3 is 1.88 bits per heavy atom. The lowest BCUT2D eigenvalue weighted by molar-refractivity contribution is -0.142. The molecule has 26 heavy (non-hydrogen) atoms. The molecule has 4 atom stereocenters. The summed E-state index contributed by atoms with van der Waals surface area (Å²) in [5, 5.41) is 32.9. The molecule has 12 nitrogen and oxygen atoms in total. The van der Waals surface area contributed by atoms with Crippen LogP contribution in [0.3, 0.4) is 0 Å². The summed E-state index contributed by atoms with van der Waals surface area (Å²) in [6.45, 7) is 1.71. The molecule has 0 spiro atoms. The predicted octanol–water partition coefficient (Wildman–Crippen LogP) is -3.25. The molecule has 0 saturated heterocycles. The standard InChI is InChI=1S/C14H24N4O8/c1-6(16-12(23)8(15)3-4-10(20)21)11(22)18-9(5-19)13(24)17-7(2)14(25)26/h6-9,19H,3-5,15H2,1-2H3,(H,16,23)(H,17,24)(H,18,22)(H,20,21)(H,25,26). The van der Waals surface area contributed by atoms with E-state index < -0.39 is 60.4 Å². The van der Waals surface area contributed by atoms with E-state index in [0.29, 0.717) is 0 Å². The van der Waals surface area contributed by atoms with Gasteiger partial charge in [0.25, 0.3) is 0 Å². The molecule has 3 amide bonds. The second-order valence-corrected chi connectivity index (χ2v) is 5.58. The molecule has 0 aliphatic heterocycles. The van der Waals surface area contributed by atoms with Crippen molar-refractivity contribution in [3.8, 4) is 0 Å². The average Bonchev–Trinajstić information content (AvgIpc) is 2.56. The molecule has 0 aromatic rings. The molecule has 0 fully saturated rings. The molecule has 0 aliphatic rings. The first-order valence-electron chi connectivity index (χ1n) is 7.71. The van der Waals surface area contributed by atoms with Crippen molar-refractivity contribution in [2.75, 3.05) is 6.61 Å². The molecule has 148 valence electrons. The van der Waals surface area contributed by atoms with Gasteiger partial charge in [0.05, 0.1) is 12.6 Å². The lowest BCUT2D eigenvalue weighted by Gasteiger charge is -2.21. The summed E-state index contributed by atoms with van der Waals surface area (Å²) >= 11 is 0. The van der Waals surface area contributed by atoms with Gasteiger partial charge in [-0.3, -0.25) is 24.0 Å². The van der Waals surface area contributed by atoms with E-state index in [1.807, 2.05) is 0 Å². The van der Waals surface area contributed by atoms with Crippen LogP contribution in [0, 0.1) is 0 Å². The van der Waals surface area contributed by atoms with Gasteiger partial charge in [0, 0.05) is 6.42 Å². The van der Waals surface area contributed by atoms with Crippen LogP contribution >= 0.6 is 0 Å². The van der Waals surface area contributed by atoms with Crippen LogP contribution in [0.4, 0.5) is 0 Å². The highest BCUT2D eigenvalue weighted by Crippen LogP contribution is 1.97. The molecule has 0 aromatic heterocycles. The SMILES string of the molecule is CC(NC(=O)C(CO)NC(=O)C(C)NC(=O)C(N)CCC(=O)O)C(=O)O. The van der Waals surface area contributed by atoms with E-state index in [-0.39, 0.29) is 12.8 Å². The molecule has 8 N–H and O–H groups in total. The van der Waals surface area contributed by atoms with E-state index in [9.17, 15) is 29.1 Å². The van der Waals surface area contributed by atoms with Gasteiger partial charge >= 0.3 is 11.9 Å². The molecule has 4 unspecified atom stereocenters. The van der Waals surface area contributed by atoms with Gasteiger partial charge in [0.15, 0.2) is 0 Å². The van der Waals surface area contributed by atoms with Crippen molar-refractivity contribution in [2.45, 2.75) is 50.9 Å². The van der Waals surface area contributed by atoms with Crippen molar-refractivity contribution in [1.29, 1.82) is 0 Å². The summed E-state index contributed by atoms with van der Waals surface area (Å²) in [5.74, 6) is -4.89. The van der Waals surface area contributed by atoms with E-state index in [0.717, 1.165) is 0 Å². The summed E-state index contributed by atoms with van der Waals surface area (Å²) in [6.07, 6.45) is -0.437. The van der Waals surface area contributed by atoms with Crippen LogP contribution in [0.1, 0.15) is 26.7 Å². The number of hydrogen-bond acceptors (Lipinski definition) is 7. The highest BCUT2D eigenvalue weighted by atomic mass is 16.4. The highest BCUT2D eigenvalue weighted by molar-refractivity contribution is 5.93. The summed E-state index contributed by atoms with van der Waals surface area (Å²) in [5.41, 5.74) is 5.51. The number of hydrogen-bond donors (Lipinski definition) is 7. The zero-order valence-electron chi connectivity index (χ0n) is 14.4. The lowest BCUT2D eigenvalue weighted by Crippen LogP contribution is -2.57. The molecular weight excluding hydrogens is 352 g/mol. The Morgan fingerprint density at radius 1 is 0.885 bits per heavy atom. The predicted molar refractivity (Wildman–Crippen MR) is 86.7 cm³/mol. The Labute approximate surface area is 149 Å². The van der Waals surface area contributed by atoms with E-state index in [2.05, 4.69) is 16.0 Å². The first-order chi connectivity index (χ1) is 12.0. The number of amides is 3. The van der Waals surface area contributed by atoms with Gasteiger partial charge in [-0.1, -0.05) is 0 Å². The number of carbonyl (C=O) groups is 5. The summed E-state index contributed by atoms with van der Waals surface area (Å²) in [7, 11) is 0. The van der Waals surface area contributed by atoms with E-state index in [1.54, 1.807) is 0 Å². The minimum Gasteiger partial charge on any atom is -0.481 e. The highest BCUT2D eigenvalue weighted by Gasteiger charge is 2.27. The number of nitrogens with two attached hydrogens (primary N) is 1. The van der Waals surface area contributed by atoms with Crippen molar-refractivity contribution < 1.29 is 39.3 Å². The molecule has 12 heteroatoms. The quantitative estimate of drug-likeness (QED) is 0.193. The van der Waals surface area contributed by atoms with Gasteiger partial charge in [-0.15, -0.1) is 0 Å². The molecule has 0 rings (SSSR count). The van der Waals surface area contributed by atoms with E-state index in [1.165, 1.54) is 13.8 Å². The fraction of sp³-hybridized carbons (Fsp3) is 0.643. The van der Waals surface area contributed by atoms with Crippen LogP contribution in [0.15, 0.2) is 0 Å². The Hall–Kier alpha value is -2.73. The molecule has 0 aromatic carbocycles. The van der Waals surface area contributed by atoms with Crippen LogP contribution in [-0.4, -0.2) is 75.8 Å². The van der Waals surface area contributed by atoms with Gasteiger partial charge < -0.3 is 37.0 Å². The van der Waals surface area contributed by atoms with Crippen LogP contribution < -0.4 is 21.7 Å². The Bertz CT molecular complexity index is 553. The van der Waals surface area contributed by atoms with Crippen LogP contribution in [0.25, 0.3) is 0 Å². The third-order valence-corrected chi connectivity index (χ3v) is 3.30. The van der Waals surface area contributed by atoms with E-state index in [4.69, 9.17) is 15.9 Å². The van der Waals surface area contributed by atoms with Crippen molar-refractivity contribution in [1.82, 2.24) is 16.0 Å². The first kappa shape index (κ1) is 23.3. The molecule has 0 radical (unpaired) electrons. The van der Waals surface area contributed by atoms with Crippen molar-refractivity contribution >= 4 is 29.7 Å². The Balaban J connectivity index is 4.61. The number of aliphatic hydroxyl groups is 1. The number of aliphatic hydroxyl groups excluding tert-OH is 1. The zero-order chi connectivity index (χ0) is 20.4. The second kappa shape index (κ2) is 11.0. The normalized spacial score (nSPS) is 15.1. The summed E-state index contributed by atoms with van der Waals surface area (Å²) in [6, 6.07) is -4.89. The maximum atomic E-state index is 12.0. The number of aliphatic carboxylic acids is 2. The first-order valence-corrected chi connectivity index (χ1v) is 7.71. The minimum atomic E-state index is -1.41. The summed E-state index contributed by atoms with van der Waals surface area (Å²) < 4.78 is 0. The number of carboxylic acid groups (broad SMARTS) is 2. The fourth-order valence-corrected chi connectivity index (χ4v) is 1.66. The van der Waals surface area contributed by atoms with Crippen molar-refractivity contribution in [3.63, 3.8) is 0 Å². The lowest BCUT2D eigenvalue weighted by atomic mass is 10.1. The maximum absolute atomic E-state index is 12.0. The Morgan fingerprint density at radius 2 is 1.42 bits per heavy atom. The monoisotopic (exact) mass is 376 g/mol. The smallest absolute Gasteiger partial charge is 0.325 e. The maximum Gasteiger partial charge on any atom is 0.325 e. The third-order valence-electron chi connectivity index (χ3n) is 3.30. The van der Waals surface area contributed by atoms with Gasteiger partial charge in [-0.05, 0) is 20.3 Å². The molecular formula is C14H24N4O8. The van der Waals surface area contributed by atoms with E-state index >= 15 is 0 Å². The molecule has 0 saturated carbocycles. The van der Waals surface area contributed by atoms with Crippen LogP contribution in [0.5, 0.6) is 0 Å². The minimum absolute atomic E-state index is 0.121. The van der Waals surface area contributed by atoms with Gasteiger partial charge in [-0.2, -0.15) is 0 Å². The number of rotatable bonds is 11. The van der Waals surface area contributed by atoms with Crippen molar-refractivity contribution in [2.24, 2.45) is 5.73 Å². The Kier molecular flexibility index (Phi) is 9.84. The topological polar surface area (TPSA) is 208 Å². The molecule has 0 heterocycles. The fourth-order valence-electron chi connectivity index (χ4n) is 1.66. The molecule has 0 bridgehead atoms. The number of carboxylic acids is 2. The summed E-state index contributed by atoms with van der Waals surface area (Å²) in [4.78, 5) is 56.7.